The van der Waals surface area contributed by atoms with Gasteiger partial charge in [-0.1, -0.05) is 23.9 Å². The van der Waals surface area contributed by atoms with Crippen LogP contribution in [0.4, 0.5) is 0 Å². The topological polar surface area (TPSA) is 54.9 Å². The first-order chi connectivity index (χ1) is 11.7. The zero-order valence-corrected chi connectivity index (χ0v) is 15.3. The average Bonchev–Trinajstić information content (AvgIpc) is 3.16. The lowest BCUT2D eigenvalue weighted by atomic mass is 10.1. The minimum Gasteiger partial charge on any atom is -0.328 e. The van der Waals surface area contributed by atoms with Crippen LogP contribution in [0, 0.1) is 0 Å². The molecule has 0 aliphatic heterocycles. The Kier molecular flexibility index (Phi) is 4.61. The van der Waals surface area contributed by atoms with Crippen molar-refractivity contribution < 1.29 is 4.79 Å². The standard InChI is InChI=1S/C17H16ClN3OS2/c18-11-5-1-2-6-12(11)21-14(22)8-23-16-15-10-4-3-7-13(10)24-17(15)20-9-19-16/h1-2,6,9,11H,3-5,7-8H2,(H,21,22)/t11-/m0/s1. The van der Waals surface area contributed by atoms with Gasteiger partial charge in [0.15, 0.2) is 0 Å². The molecule has 1 N–H and O–H groups in total. The van der Waals surface area contributed by atoms with Crippen LogP contribution in [0.25, 0.3) is 10.2 Å². The van der Waals surface area contributed by atoms with Crippen LogP contribution < -0.4 is 5.32 Å². The molecule has 1 amide bonds. The van der Waals surface area contributed by atoms with E-state index in [9.17, 15) is 4.79 Å². The Morgan fingerprint density at radius 1 is 1.42 bits per heavy atom. The highest BCUT2D eigenvalue weighted by molar-refractivity contribution is 8.00. The molecule has 2 aromatic heterocycles. The number of aromatic nitrogens is 2. The van der Waals surface area contributed by atoms with Crippen molar-refractivity contribution in [2.45, 2.75) is 36.1 Å². The van der Waals surface area contributed by atoms with Gasteiger partial charge in [-0.15, -0.1) is 22.9 Å². The van der Waals surface area contributed by atoms with Crippen molar-refractivity contribution in [1.82, 2.24) is 15.3 Å². The van der Waals surface area contributed by atoms with Crippen LogP contribution in [0.3, 0.4) is 0 Å². The van der Waals surface area contributed by atoms with Crippen molar-refractivity contribution in [2.24, 2.45) is 0 Å². The summed E-state index contributed by atoms with van der Waals surface area (Å²) in [6.45, 7) is 0. The first kappa shape index (κ1) is 16.1. The minimum absolute atomic E-state index is 0.0502. The largest absolute Gasteiger partial charge is 0.328 e. The number of carbonyl (C=O) groups excluding carboxylic acids is 1. The molecule has 124 valence electrons. The van der Waals surface area contributed by atoms with Crippen molar-refractivity contribution in [3.05, 3.63) is 40.7 Å². The van der Waals surface area contributed by atoms with Crippen LogP contribution in [-0.2, 0) is 17.6 Å². The molecule has 0 fully saturated rings. The first-order valence-corrected chi connectivity index (χ1v) is 10.1. The number of allylic oxidation sites excluding steroid dienone is 4. The Morgan fingerprint density at radius 2 is 2.33 bits per heavy atom. The normalized spacial score (nSPS) is 19.4. The molecule has 0 radical (unpaired) electrons. The molecule has 24 heavy (non-hydrogen) atoms. The van der Waals surface area contributed by atoms with E-state index < -0.39 is 0 Å². The van der Waals surface area contributed by atoms with Crippen LogP contribution in [0.5, 0.6) is 0 Å². The predicted molar refractivity (Wildman–Crippen MR) is 99.8 cm³/mol. The third-order valence-electron chi connectivity index (χ3n) is 4.18. The van der Waals surface area contributed by atoms with Crippen LogP contribution in [0.1, 0.15) is 23.3 Å². The fourth-order valence-corrected chi connectivity index (χ4v) is 5.41. The van der Waals surface area contributed by atoms with E-state index in [1.807, 2.05) is 18.2 Å². The van der Waals surface area contributed by atoms with Gasteiger partial charge < -0.3 is 5.32 Å². The minimum atomic E-state index is -0.158. The van der Waals surface area contributed by atoms with Crippen LogP contribution in [0.15, 0.2) is 35.3 Å². The van der Waals surface area contributed by atoms with Crippen LogP contribution in [0.2, 0.25) is 0 Å². The number of halogens is 1. The number of carbonyl (C=O) groups is 1. The van der Waals surface area contributed by atoms with E-state index in [1.54, 1.807) is 17.7 Å². The number of fused-ring (bicyclic) bond motifs is 3. The van der Waals surface area contributed by atoms with Gasteiger partial charge in [0.2, 0.25) is 5.91 Å². The second kappa shape index (κ2) is 6.86. The molecule has 0 bridgehead atoms. The highest BCUT2D eigenvalue weighted by Gasteiger charge is 2.22. The lowest BCUT2D eigenvalue weighted by Gasteiger charge is -2.16. The highest BCUT2D eigenvalue weighted by Crippen LogP contribution is 2.39. The van der Waals surface area contributed by atoms with E-state index in [0.29, 0.717) is 5.75 Å². The molecule has 2 aliphatic carbocycles. The summed E-state index contributed by atoms with van der Waals surface area (Å²) in [6.07, 6.45) is 11.6. The zero-order chi connectivity index (χ0) is 16.5. The fourth-order valence-electron chi connectivity index (χ4n) is 3.06. The Labute approximate surface area is 153 Å². The molecular weight excluding hydrogens is 362 g/mol. The second-order valence-corrected chi connectivity index (χ2v) is 8.38. The zero-order valence-electron chi connectivity index (χ0n) is 12.9. The van der Waals surface area contributed by atoms with Crippen LogP contribution in [-0.4, -0.2) is 27.0 Å². The van der Waals surface area contributed by atoms with Crippen molar-refractivity contribution in [2.75, 3.05) is 5.75 Å². The maximum Gasteiger partial charge on any atom is 0.234 e. The lowest BCUT2D eigenvalue weighted by Crippen LogP contribution is -2.29. The summed E-state index contributed by atoms with van der Waals surface area (Å²) < 4.78 is 0. The number of alkyl halides is 1. The number of nitrogens with one attached hydrogen (secondary N) is 1. The number of rotatable bonds is 4. The van der Waals surface area contributed by atoms with Gasteiger partial charge in [0.1, 0.15) is 16.2 Å². The third-order valence-corrected chi connectivity index (χ3v) is 6.79. The molecule has 2 aromatic rings. The van der Waals surface area contributed by atoms with E-state index >= 15 is 0 Å². The van der Waals surface area contributed by atoms with Gasteiger partial charge in [-0.2, -0.15) is 0 Å². The molecule has 1 atom stereocenters. The monoisotopic (exact) mass is 377 g/mol. The van der Waals surface area contributed by atoms with E-state index in [-0.39, 0.29) is 11.3 Å². The lowest BCUT2D eigenvalue weighted by molar-refractivity contribution is -0.117. The predicted octanol–water partition coefficient (Wildman–Crippen LogP) is 3.84. The van der Waals surface area contributed by atoms with Gasteiger partial charge in [0.05, 0.1) is 11.1 Å². The number of aryl methyl sites for hydroxylation is 2. The Morgan fingerprint density at radius 3 is 3.21 bits per heavy atom. The van der Waals surface area contributed by atoms with Crippen LogP contribution >= 0.6 is 34.7 Å². The molecular formula is C17H16ClN3OS2. The third kappa shape index (κ3) is 3.10. The maximum absolute atomic E-state index is 12.2. The Bertz CT molecular complexity index is 859. The molecule has 0 saturated carbocycles. The number of hydrogen-bond donors (Lipinski definition) is 1. The van der Waals surface area contributed by atoms with E-state index in [4.69, 9.17) is 11.6 Å². The molecule has 0 spiro atoms. The molecule has 2 aliphatic rings. The second-order valence-electron chi connectivity index (χ2n) is 5.81. The maximum atomic E-state index is 12.2. The summed E-state index contributed by atoms with van der Waals surface area (Å²) in [6, 6.07) is 0. The number of hydrogen-bond acceptors (Lipinski definition) is 5. The van der Waals surface area contributed by atoms with E-state index in [2.05, 4.69) is 15.3 Å². The number of thiophene rings is 1. The van der Waals surface area contributed by atoms with Crippen molar-refractivity contribution in [3.8, 4) is 0 Å². The summed E-state index contributed by atoms with van der Waals surface area (Å²) in [5, 5.41) is 4.82. The van der Waals surface area contributed by atoms with Gasteiger partial charge in [0.25, 0.3) is 0 Å². The summed E-state index contributed by atoms with van der Waals surface area (Å²) in [5.74, 6) is 0.271. The van der Waals surface area contributed by atoms with Crippen molar-refractivity contribution in [1.29, 1.82) is 0 Å². The van der Waals surface area contributed by atoms with Gasteiger partial charge in [0, 0.05) is 16.0 Å². The highest BCUT2D eigenvalue weighted by atomic mass is 35.5. The summed E-state index contributed by atoms with van der Waals surface area (Å²) in [5.41, 5.74) is 2.16. The molecule has 2 heterocycles. The van der Waals surface area contributed by atoms with E-state index in [0.717, 1.165) is 40.2 Å². The number of nitrogens with zero attached hydrogens (tertiary/aromatic N) is 2. The average molecular weight is 378 g/mol. The summed E-state index contributed by atoms with van der Waals surface area (Å²) in [7, 11) is 0. The smallest absolute Gasteiger partial charge is 0.234 e. The number of thioether (sulfide) groups is 1. The number of amides is 1. The van der Waals surface area contributed by atoms with Crippen molar-refractivity contribution >= 4 is 50.8 Å². The molecule has 4 nitrogen and oxygen atoms in total. The van der Waals surface area contributed by atoms with Gasteiger partial charge in [-0.3, -0.25) is 4.79 Å². The summed E-state index contributed by atoms with van der Waals surface area (Å²) in [4.78, 5) is 23.5. The first-order valence-electron chi connectivity index (χ1n) is 7.91. The molecule has 7 heteroatoms. The van der Waals surface area contributed by atoms with E-state index in [1.165, 1.54) is 28.6 Å². The van der Waals surface area contributed by atoms with Crippen molar-refractivity contribution in [3.63, 3.8) is 0 Å². The molecule has 4 rings (SSSR count). The molecule has 0 unspecified atom stereocenters. The quantitative estimate of drug-likeness (QED) is 0.499. The van der Waals surface area contributed by atoms with Gasteiger partial charge >= 0.3 is 0 Å². The van der Waals surface area contributed by atoms with Gasteiger partial charge in [-0.05, 0) is 37.3 Å². The Balaban J connectivity index is 1.48. The summed E-state index contributed by atoms with van der Waals surface area (Å²) >= 11 is 9.45. The molecule has 0 saturated heterocycles. The SMILES string of the molecule is O=C(CSc1ncnc2sc3c(c12)CCC3)NC1=CC=CC[C@@H]1Cl. The van der Waals surface area contributed by atoms with Gasteiger partial charge in [-0.25, -0.2) is 9.97 Å². The Hall–Kier alpha value is -1.37. The molecule has 0 aromatic carbocycles. The fraction of sp³-hybridized carbons (Fsp3) is 0.353.